The van der Waals surface area contributed by atoms with Gasteiger partial charge in [-0.15, -0.1) is 10.2 Å². The van der Waals surface area contributed by atoms with Gasteiger partial charge < -0.3 is 10.6 Å². The monoisotopic (exact) mass is 463 g/mol. The predicted molar refractivity (Wildman–Crippen MR) is 123 cm³/mol. The van der Waals surface area contributed by atoms with Gasteiger partial charge in [-0.25, -0.2) is 0 Å². The maximum Gasteiger partial charge on any atom is 0.270 e. The molecular formula is C21H17N7O4S. The first-order chi connectivity index (χ1) is 15.9. The van der Waals surface area contributed by atoms with E-state index in [0.717, 1.165) is 11.8 Å². The molecule has 166 valence electrons. The number of amides is 2. The van der Waals surface area contributed by atoms with Gasteiger partial charge in [0.15, 0.2) is 5.65 Å². The zero-order valence-electron chi connectivity index (χ0n) is 17.3. The number of nitrogens with zero attached hydrogens (tertiary/aromatic N) is 5. The summed E-state index contributed by atoms with van der Waals surface area (Å²) in [5.74, 6) is -0.426. The van der Waals surface area contributed by atoms with Crippen LogP contribution in [0.2, 0.25) is 0 Å². The topological polar surface area (TPSA) is 144 Å². The number of anilines is 2. The number of rotatable bonds is 7. The summed E-state index contributed by atoms with van der Waals surface area (Å²) in [6.45, 7) is 1.41. The van der Waals surface area contributed by atoms with Crippen molar-refractivity contribution in [1.29, 1.82) is 0 Å². The molecule has 2 aromatic heterocycles. The molecule has 12 heteroatoms. The van der Waals surface area contributed by atoms with Gasteiger partial charge in [0.25, 0.3) is 5.69 Å². The Bertz CT molecular complexity index is 1370. The lowest BCUT2D eigenvalue weighted by atomic mass is 10.1. The number of benzene rings is 2. The first-order valence-corrected chi connectivity index (χ1v) is 10.7. The van der Waals surface area contributed by atoms with Gasteiger partial charge in [-0.2, -0.15) is 9.61 Å². The SMILES string of the molecule is CC(=O)Nc1cccc(NC(=O)CSc2nnc3ccc(-c4cccc([N+](=O)[O-])c4)nn23)c1. The maximum atomic E-state index is 12.4. The van der Waals surface area contributed by atoms with Gasteiger partial charge in [-0.3, -0.25) is 19.7 Å². The lowest BCUT2D eigenvalue weighted by Crippen LogP contribution is -2.15. The van der Waals surface area contributed by atoms with Crippen molar-refractivity contribution >= 4 is 46.3 Å². The zero-order valence-corrected chi connectivity index (χ0v) is 18.1. The van der Waals surface area contributed by atoms with Crippen molar-refractivity contribution in [1.82, 2.24) is 19.8 Å². The van der Waals surface area contributed by atoms with Gasteiger partial charge in [0.2, 0.25) is 17.0 Å². The average molecular weight is 463 g/mol. The lowest BCUT2D eigenvalue weighted by molar-refractivity contribution is -0.384. The smallest absolute Gasteiger partial charge is 0.270 e. The quantitative estimate of drug-likeness (QED) is 0.241. The van der Waals surface area contributed by atoms with E-state index in [1.54, 1.807) is 48.5 Å². The third kappa shape index (κ3) is 5.30. The van der Waals surface area contributed by atoms with Gasteiger partial charge in [-0.05, 0) is 30.3 Å². The number of aromatic nitrogens is 4. The van der Waals surface area contributed by atoms with Crippen molar-refractivity contribution in [3.63, 3.8) is 0 Å². The number of hydrogen-bond acceptors (Lipinski definition) is 8. The second kappa shape index (κ2) is 9.44. The number of fused-ring (bicyclic) bond motifs is 1. The number of carbonyl (C=O) groups excluding carboxylic acids is 2. The van der Waals surface area contributed by atoms with Crippen LogP contribution in [-0.4, -0.2) is 42.3 Å². The van der Waals surface area contributed by atoms with Crippen LogP contribution in [-0.2, 0) is 9.59 Å². The Morgan fingerprint density at radius 3 is 2.55 bits per heavy atom. The molecule has 0 aliphatic heterocycles. The molecule has 2 amide bonds. The minimum Gasteiger partial charge on any atom is -0.326 e. The highest BCUT2D eigenvalue weighted by molar-refractivity contribution is 7.99. The highest BCUT2D eigenvalue weighted by Gasteiger charge is 2.13. The molecule has 0 saturated heterocycles. The normalized spacial score (nSPS) is 10.7. The number of thioether (sulfide) groups is 1. The molecule has 0 aliphatic carbocycles. The highest BCUT2D eigenvalue weighted by Crippen LogP contribution is 2.24. The molecule has 0 atom stereocenters. The van der Waals surface area contributed by atoms with Gasteiger partial charge in [0.1, 0.15) is 0 Å². The summed E-state index contributed by atoms with van der Waals surface area (Å²) >= 11 is 1.15. The number of carbonyl (C=O) groups is 2. The van der Waals surface area contributed by atoms with Crippen LogP contribution in [0.5, 0.6) is 0 Å². The van der Waals surface area contributed by atoms with Crippen LogP contribution in [0.25, 0.3) is 16.9 Å². The summed E-state index contributed by atoms with van der Waals surface area (Å²) in [5, 5.41) is 29.5. The van der Waals surface area contributed by atoms with Crippen molar-refractivity contribution < 1.29 is 14.5 Å². The molecule has 4 aromatic rings. The summed E-state index contributed by atoms with van der Waals surface area (Å²) < 4.78 is 1.49. The number of nitrogens with one attached hydrogen (secondary N) is 2. The fourth-order valence-corrected chi connectivity index (χ4v) is 3.68. The molecule has 0 bridgehead atoms. The molecule has 2 N–H and O–H groups in total. The van der Waals surface area contributed by atoms with Gasteiger partial charge >= 0.3 is 0 Å². The van der Waals surface area contributed by atoms with Crippen molar-refractivity contribution in [2.24, 2.45) is 0 Å². The first-order valence-electron chi connectivity index (χ1n) is 9.66. The van der Waals surface area contributed by atoms with Crippen molar-refractivity contribution in [2.75, 3.05) is 16.4 Å². The summed E-state index contributed by atoms with van der Waals surface area (Å²) in [6, 6.07) is 16.4. The molecule has 33 heavy (non-hydrogen) atoms. The highest BCUT2D eigenvalue weighted by atomic mass is 32.2. The molecule has 0 spiro atoms. The number of nitro groups is 1. The zero-order chi connectivity index (χ0) is 23.4. The van der Waals surface area contributed by atoms with Crippen LogP contribution in [0.4, 0.5) is 17.1 Å². The lowest BCUT2D eigenvalue weighted by Gasteiger charge is -2.07. The van der Waals surface area contributed by atoms with Crippen molar-refractivity contribution in [2.45, 2.75) is 12.1 Å². The molecule has 0 radical (unpaired) electrons. The van der Waals surface area contributed by atoms with E-state index >= 15 is 0 Å². The van der Waals surface area contributed by atoms with Gasteiger partial charge in [0, 0.05) is 36.0 Å². The van der Waals surface area contributed by atoms with Gasteiger partial charge in [0.05, 0.1) is 16.4 Å². The minimum atomic E-state index is -0.466. The molecular weight excluding hydrogens is 446 g/mol. The maximum absolute atomic E-state index is 12.4. The van der Waals surface area contributed by atoms with E-state index < -0.39 is 4.92 Å². The molecule has 11 nitrogen and oxygen atoms in total. The van der Waals surface area contributed by atoms with E-state index in [4.69, 9.17) is 0 Å². The molecule has 0 unspecified atom stereocenters. The molecule has 2 heterocycles. The van der Waals surface area contributed by atoms with E-state index in [0.29, 0.717) is 33.4 Å². The standard InChI is InChI=1S/C21H17N7O4S/c1-13(29)22-15-5-3-6-16(11-15)23-20(30)12-33-21-25-24-19-9-8-18(26-27(19)21)14-4-2-7-17(10-14)28(31)32/h2-11H,12H2,1H3,(H,22,29)(H,23,30). The van der Waals surface area contributed by atoms with Gasteiger partial charge in [-0.1, -0.05) is 30.0 Å². The van der Waals surface area contributed by atoms with Crippen LogP contribution in [0.1, 0.15) is 6.92 Å². The third-order valence-corrected chi connectivity index (χ3v) is 5.31. The predicted octanol–water partition coefficient (Wildman–Crippen LogP) is 3.39. The van der Waals surface area contributed by atoms with Crippen molar-refractivity contribution in [3.8, 4) is 11.3 Å². The largest absolute Gasteiger partial charge is 0.326 e. The Balaban J connectivity index is 1.47. The van der Waals surface area contributed by atoms with E-state index in [2.05, 4.69) is 25.9 Å². The third-order valence-electron chi connectivity index (χ3n) is 4.39. The Morgan fingerprint density at radius 1 is 1.03 bits per heavy atom. The first kappa shape index (κ1) is 21.9. The van der Waals surface area contributed by atoms with Crippen LogP contribution in [0.15, 0.2) is 65.8 Å². The van der Waals surface area contributed by atoms with E-state index in [1.165, 1.54) is 23.6 Å². The Kier molecular flexibility index (Phi) is 6.26. The number of hydrogen-bond donors (Lipinski definition) is 2. The molecule has 2 aromatic carbocycles. The van der Waals surface area contributed by atoms with Crippen LogP contribution >= 0.6 is 11.8 Å². The molecule has 0 fully saturated rings. The molecule has 0 saturated carbocycles. The molecule has 0 aliphatic rings. The fraction of sp³-hybridized carbons (Fsp3) is 0.0952. The molecule has 4 rings (SSSR count). The summed E-state index contributed by atoms with van der Waals surface area (Å²) in [6.07, 6.45) is 0. The van der Waals surface area contributed by atoms with E-state index in [1.807, 2.05) is 0 Å². The Labute approximate surface area is 191 Å². The Hall–Kier alpha value is -4.32. The summed E-state index contributed by atoms with van der Waals surface area (Å²) in [5.41, 5.74) is 2.65. The number of non-ortho nitro benzene ring substituents is 1. The second-order valence-corrected chi connectivity index (χ2v) is 7.82. The summed E-state index contributed by atoms with van der Waals surface area (Å²) in [7, 11) is 0. The summed E-state index contributed by atoms with van der Waals surface area (Å²) in [4.78, 5) is 34.2. The average Bonchev–Trinajstić information content (AvgIpc) is 3.20. The Morgan fingerprint density at radius 2 is 1.79 bits per heavy atom. The number of nitro benzene ring substituents is 1. The minimum absolute atomic E-state index is 0.0352. The second-order valence-electron chi connectivity index (χ2n) is 6.88. The van der Waals surface area contributed by atoms with Crippen LogP contribution in [0, 0.1) is 10.1 Å². The van der Waals surface area contributed by atoms with Crippen LogP contribution < -0.4 is 10.6 Å². The van der Waals surface area contributed by atoms with Crippen molar-refractivity contribution in [3.05, 3.63) is 70.8 Å². The van der Waals surface area contributed by atoms with Crippen LogP contribution in [0.3, 0.4) is 0 Å². The van der Waals surface area contributed by atoms with E-state index in [9.17, 15) is 19.7 Å². The van der Waals surface area contributed by atoms with E-state index in [-0.39, 0.29) is 23.3 Å². The fourth-order valence-electron chi connectivity index (χ4n) is 3.00.